The normalized spacial score (nSPS) is 11.9. The van der Waals surface area contributed by atoms with Gasteiger partial charge in [-0.2, -0.15) is 0 Å². The van der Waals surface area contributed by atoms with E-state index in [-0.39, 0.29) is 11.2 Å². The van der Waals surface area contributed by atoms with E-state index in [1.807, 2.05) is 36.7 Å². The van der Waals surface area contributed by atoms with Crippen LogP contribution in [0.15, 0.2) is 29.6 Å². The van der Waals surface area contributed by atoms with Crippen molar-refractivity contribution in [2.45, 2.75) is 39.7 Å². The van der Waals surface area contributed by atoms with Crippen LogP contribution >= 0.6 is 11.3 Å². The Morgan fingerprint density at radius 1 is 1.30 bits per heavy atom. The average molecular weight is 331 g/mol. The van der Waals surface area contributed by atoms with Crippen molar-refractivity contribution in [3.05, 3.63) is 51.2 Å². The number of hydrogen-bond donors (Lipinski definition) is 1. The second kappa shape index (κ2) is 6.85. The zero-order chi connectivity index (χ0) is 17.2. The van der Waals surface area contributed by atoms with Gasteiger partial charge in [0, 0.05) is 23.2 Å². The van der Waals surface area contributed by atoms with Crippen LogP contribution in [0.1, 0.15) is 54.1 Å². The van der Waals surface area contributed by atoms with Gasteiger partial charge in [-0.05, 0) is 42.6 Å². The lowest BCUT2D eigenvalue weighted by molar-refractivity contribution is 0.104. The van der Waals surface area contributed by atoms with Gasteiger partial charge in [-0.1, -0.05) is 33.8 Å². The fraction of sp³-hybridized carbons (Fsp3) is 0.421. The van der Waals surface area contributed by atoms with Gasteiger partial charge < -0.3 is 10.0 Å². The molecule has 0 aliphatic rings. The topological polar surface area (TPSA) is 40.5 Å². The molecule has 2 rings (SSSR count). The molecule has 3 nitrogen and oxygen atoms in total. The molecule has 0 saturated heterocycles. The van der Waals surface area contributed by atoms with E-state index in [9.17, 15) is 9.90 Å². The Labute approximate surface area is 142 Å². The summed E-state index contributed by atoms with van der Waals surface area (Å²) in [6.45, 7) is 9.73. The minimum atomic E-state index is -0.227. The fourth-order valence-corrected chi connectivity index (χ4v) is 3.16. The monoisotopic (exact) mass is 331 g/mol. The van der Waals surface area contributed by atoms with Gasteiger partial charge >= 0.3 is 0 Å². The van der Waals surface area contributed by atoms with Crippen molar-refractivity contribution < 1.29 is 9.90 Å². The van der Waals surface area contributed by atoms with E-state index in [0.717, 1.165) is 22.5 Å². The molecular weight excluding hydrogens is 306 g/mol. The Hall–Kier alpha value is -1.65. The van der Waals surface area contributed by atoms with Gasteiger partial charge in [0.15, 0.2) is 0 Å². The number of rotatable bonds is 5. The number of thiophene rings is 1. The van der Waals surface area contributed by atoms with E-state index in [0.29, 0.717) is 17.9 Å². The third kappa shape index (κ3) is 4.01. The lowest BCUT2D eigenvalue weighted by Crippen LogP contribution is -2.19. The number of hydrogen-bond acceptors (Lipinski definition) is 4. The molecule has 0 saturated carbocycles. The quantitative estimate of drug-likeness (QED) is 0.824. The summed E-state index contributed by atoms with van der Waals surface area (Å²) < 4.78 is 0. The lowest BCUT2D eigenvalue weighted by Gasteiger charge is -2.24. The second-order valence-corrected chi connectivity index (χ2v) is 7.87. The maximum absolute atomic E-state index is 12.7. The highest BCUT2D eigenvalue weighted by Crippen LogP contribution is 2.35. The van der Waals surface area contributed by atoms with Gasteiger partial charge in [0.1, 0.15) is 5.75 Å². The first-order valence-electron chi connectivity index (χ1n) is 7.87. The van der Waals surface area contributed by atoms with Crippen molar-refractivity contribution in [1.82, 2.24) is 4.90 Å². The number of phenolic OH excluding ortho intramolecular Hbond substituents is 1. The molecule has 0 amide bonds. The van der Waals surface area contributed by atoms with Crippen LogP contribution in [-0.4, -0.2) is 29.4 Å². The molecule has 0 radical (unpaired) electrons. The molecule has 1 aromatic carbocycles. The summed E-state index contributed by atoms with van der Waals surface area (Å²) in [7, 11) is 2.00. The number of phenols is 1. The average Bonchev–Trinajstić information content (AvgIpc) is 3.01. The minimum absolute atomic E-state index is 0.0194. The smallest absolute Gasteiger partial charge is 0.202 e. The van der Waals surface area contributed by atoms with Crippen LogP contribution in [0.25, 0.3) is 0 Å². The van der Waals surface area contributed by atoms with Gasteiger partial charge in [0.25, 0.3) is 0 Å². The molecule has 124 valence electrons. The number of ketones is 1. The first-order chi connectivity index (χ1) is 10.7. The van der Waals surface area contributed by atoms with Crippen LogP contribution in [0.4, 0.5) is 0 Å². The molecule has 0 spiro atoms. The van der Waals surface area contributed by atoms with Crippen LogP contribution in [0.2, 0.25) is 0 Å². The maximum Gasteiger partial charge on any atom is 0.202 e. The highest BCUT2D eigenvalue weighted by Gasteiger charge is 2.24. The molecule has 0 aliphatic carbocycles. The number of carbonyl (C=O) groups is 1. The second-order valence-electron chi connectivity index (χ2n) is 6.92. The molecule has 1 heterocycles. The summed E-state index contributed by atoms with van der Waals surface area (Å²) in [5.41, 5.74) is 2.05. The van der Waals surface area contributed by atoms with Crippen LogP contribution in [0.3, 0.4) is 0 Å². The molecule has 0 fully saturated rings. The molecular formula is C19H25NO2S. The van der Waals surface area contributed by atoms with Crippen molar-refractivity contribution >= 4 is 17.1 Å². The summed E-state index contributed by atoms with van der Waals surface area (Å²) in [5.74, 6) is 0.325. The van der Waals surface area contributed by atoms with Crippen molar-refractivity contribution in [2.24, 2.45) is 0 Å². The number of nitrogens with zero attached hydrogens (tertiary/aromatic N) is 1. The van der Waals surface area contributed by atoms with E-state index in [4.69, 9.17) is 0 Å². The maximum atomic E-state index is 12.7. The third-order valence-corrected chi connectivity index (χ3v) is 4.85. The number of aromatic hydroxyl groups is 1. The Morgan fingerprint density at radius 3 is 2.52 bits per heavy atom. The van der Waals surface area contributed by atoms with E-state index >= 15 is 0 Å². The van der Waals surface area contributed by atoms with Crippen molar-refractivity contribution in [3.63, 3.8) is 0 Å². The van der Waals surface area contributed by atoms with E-state index in [1.54, 1.807) is 0 Å². The van der Waals surface area contributed by atoms with Crippen molar-refractivity contribution in [1.29, 1.82) is 0 Å². The van der Waals surface area contributed by atoms with Gasteiger partial charge in [0.2, 0.25) is 5.78 Å². The van der Waals surface area contributed by atoms with Gasteiger partial charge in [0.05, 0.1) is 4.88 Å². The number of benzene rings is 1. The van der Waals surface area contributed by atoms with Gasteiger partial charge in [-0.25, -0.2) is 0 Å². The number of carbonyl (C=O) groups excluding carboxylic acids is 1. The molecule has 1 N–H and O–H groups in total. The Kier molecular flexibility index (Phi) is 5.27. The van der Waals surface area contributed by atoms with Crippen molar-refractivity contribution in [2.75, 3.05) is 13.6 Å². The van der Waals surface area contributed by atoms with E-state index < -0.39 is 0 Å². The van der Waals surface area contributed by atoms with Gasteiger partial charge in [-0.15, -0.1) is 11.3 Å². The summed E-state index contributed by atoms with van der Waals surface area (Å²) in [6, 6.07) is 7.40. The molecule has 1 aromatic heterocycles. The standard InChI is InChI=1S/C19H25NO2S/c1-6-20(5)12-14-10-13(18(22)16-8-7-9-23-16)11-15(17(14)21)19(2,3)4/h7-11,21H,6,12H2,1-5H3. The molecule has 0 aliphatic heterocycles. The fourth-order valence-electron chi connectivity index (χ4n) is 2.47. The molecule has 0 unspecified atom stereocenters. The molecule has 4 heteroatoms. The molecule has 23 heavy (non-hydrogen) atoms. The third-order valence-electron chi connectivity index (χ3n) is 3.98. The highest BCUT2D eigenvalue weighted by atomic mass is 32.1. The minimum Gasteiger partial charge on any atom is -0.507 e. The first-order valence-corrected chi connectivity index (χ1v) is 8.75. The zero-order valence-electron chi connectivity index (χ0n) is 14.5. The summed E-state index contributed by atoms with van der Waals surface area (Å²) >= 11 is 1.45. The van der Waals surface area contributed by atoms with Crippen LogP contribution < -0.4 is 0 Å². The summed E-state index contributed by atoms with van der Waals surface area (Å²) in [4.78, 5) is 15.6. The summed E-state index contributed by atoms with van der Waals surface area (Å²) in [6.07, 6.45) is 0. The lowest BCUT2D eigenvalue weighted by atomic mass is 9.83. The SMILES string of the molecule is CCN(C)Cc1cc(C(=O)c2cccs2)cc(C(C)(C)C)c1O. The molecule has 2 aromatic rings. The molecule has 0 atom stereocenters. The summed E-state index contributed by atoms with van der Waals surface area (Å²) in [5, 5.41) is 12.6. The Balaban J connectivity index is 2.54. The predicted molar refractivity (Wildman–Crippen MR) is 96.6 cm³/mol. The van der Waals surface area contributed by atoms with E-state index in [2.05, 4.69) is 32.6 Å². The predicted octanol–water partition coefficient (Wildman–Crippen LogP) is 4.43. The Bertz CT molecular complexity index is 684. The van der Waals surface area contributed by atoms with Crippen LogP contribution in [-0.2, 0) is 12.0 Å². The Morgan fingerprint density at radius 2 is 2.00 bits per heavy atom. The van der Waals surface area contributed by atoms with Crippen LogP contribution in [0.5, 0.6) is 5.75 Å². The highest BCUT2D eigenvalue weighted by molar-refractivity contribution is 7.12. The van der Waals surface area contributed by atoms with Crippen molar-refractivity contribution in [3.8, 4) is 5.75 Å². The largest absolute Gasteiger partial charge is 0.507 e. The molecule has 0 bridgehead atoms. The zero-order valence-corrected chi connectivity index (χ0v) is 15.3. The van der Waals surface area contributed by atoms with Gasteiger partial charge in [-0.3, -0.25) is 4.79 Å². The first kappa shape index (κ1) is 17.7. The van der Waals surface area contributed by atoms with E-state index in [1.165, 1.54) is 11.3 Å². The van der Waals surface area contributed by atoms with Crippen LogP contribution in [0, 0.1) is 0 Å².